The van der Waals surface area contributed by atoms with Crippen LogP contribution in [0.5, 0.6) is 0 Å². The normalized spacial score (nSPS) is 11.9. The summed E-state index contributed by atoms with van der Waals surface area (Å²) in [6, 6.07) is -0.0172. The van der Waals surface area contributed by atoms with E-state index in [0.717, 1.165) is 6.54 Å². The summed E-state index contributed by atoms with van der Waals surface area (Å²) in [6.45, 7) is 8.10. The van der Waals surface area contributed by atoms with E-state index < -0.39 is 0 Å². The van der Waals surface area contributed by atoms with Gasteiger partial charge in [-0.3, -0.25) is 0 Å². The first-order valence-corrected chi connectivity index (χ1v) is 3.76. The van der Waals surface area contributed by atoms with Crippen LogP contribution in [0.25, 0.3) is 0 Å². The second-order valence-electron chi connectivity index (χ2n) is 2.49. The number of hydrogen-bond acceptors (Lipinski definition) is 1. The molecule has 1 N–H and O–H groups in total. The highest BCUT2D eigenvalue weighted by Gasteiger charge is 2.06. The van der Waals surface area contributed by atoms with Gasteiger partial charge in [0.15, 0.2) is 0 Å². The number of carbonyl (C=O) groups is 1. The number of carbonyl (C=O) groups excluding carboxylic acids is 1. The van der Waals surface area contributed by atoms with Gasteiger partial charge in [0.2, 0.25) is 0 Å². The lowest BCUT2D eigenvalue weighted by Crippen LogP contribution is -2.40. The Balaban J connectivity index is 3.76. The van der Waals surface area contributed by atoms with Gasteiger partial charge in [0.1, 0.15) is 0 Å². The summed E-state index contributed by atoms with van der Waals surface area (Å²) < 4.78 is 0. The summed E-state index contributed by atoms with van der Waals surface area (Å²) >= 11 is 0. The van der Waals surface area contributed by atoms with E-state index in [4.69, 9.17) is 0 Å². The first-order valence-electron chi connectivity index (χ1n) is 3.76. The SMILES string of the molecule is C=CC(C)NC(=O)N(C)CC. The maximum atomic E-state index is 11.1. The fourth-order valence-corrected chi connectivity index (χ4v) is 0.507. The lowest BCUT2D eigenvalue weighted by molar-refractivity contribution is 0.209. The van der Waals surface area contributed by atoms with Crippen LogP contribution in [0.3, 0.4) is 0 Å². The molecule has 11 heavy (non-hydrogen) atoms. The Morgan fingerprint density at radius 3 is 2.73 bits per heavy atom. The molecule has 0 bridgehead atoms. The van der Waals surface area contributed by atoms with E-state index in [1.165, 1.54) is 0 Å². The minimum absolute atomic E-state index is 0.0384. The minimum atomic E-state index is -0.0556. The van der Waals surface area contributed by atoms with Gasteiger partial charge < -0.3 is 10.2 Å². The molecule has 0 heterocycles. The zero-order valence-electron chi connectivity index (χ0n) is 7.42. The number of hydrogen-bond donors (Lipinski definition) is 1. The maximum Gasteiger partial charge on any atom is 0.317 e. The van der Waals surface area contributed by atoms with Crippen molar-refractivity contribution in [2.24, 2.45) is 0 Å². The lowest BCUT2D eigenvalue weighted by Gasteiger charge is -2.17. The van der Waals surface area contributed by atoms with Crippen LogP contribution in [-0.4, -0.2) is 30.6 Å². The molecule has 0 saturated carbocycles. The summed E-state index contributed by atoms with van der Waals surface area (Å²) in [7, 11) is 1.76. The number of nitrogens with one attached hydrogen (secondary N) is 1. The Morgan fingerprint density at radius 1 is 1.82 bits per heavy atom. The van der Waals surface area contributed by atoms with Crippen LogP contribution in [0, 0.1) is 0 Å². The average molecular weight is 156 g/mol. The number of amides is 2. The summed E-state index contributed by atoms with van der Waals surface area (Å²) in [5.41, 5.74) is 0. The van der Waals surface area contributed by atoms with E-state index in [1.54, 1.807) is 18.0 Å². The molecular formula is C8H16N2O. The van der Waals surface area contributed by atoms with Crippen molar-refractivity contribution in [3.8, 4) is 0 Å². The molecule has 0 rings (SSSR count). The van der Waals surface area contributed by atoms with E-state index in [1.807, 2.05) is 13.8 Å². The summed E-state index contributed by atoms with van der Waals surface area (Å²) in [5, 5.41) is 2.75. The zero-order valence-corrected chi connectivity index (χ0v) is 7.42. The standard InChI is InChI=1S/C8H16N2O/c1-5-7(3)9-8(11)10(4)6-2/h5,7H,1,6H2,2-4H3,(H,9,11). The van der Waals surface area contributed by atoms with Crippen LogP contribution >= 0.6 is 0 Å². The third kappa shape index (κ3) is 3.65. The highest BCUT2D eigenvalue weighted by atomic mass is 16.2. The Hall–Kier alpha value is -0.990. The van der Waals surface area contributed by atoms with Crippen molar-refractivity contribution in [2.75, 3.05) is 13.6 Å². The predicted octanol–water partition coefficient (Wildman–Crippen LogP) is 1.22. The minimum Gasteiger partial charge on any atom is -0.332 e. The van der Waals surface area contributed by atoms with Gasteiger partial charge in [0, 0.05) is 19.6 Å². The third-order valence-corrected chi connectivity index (χ3v) is 1.53. The van der Waals surface area contributed by atoms with Gasteiger partial charge in [-0.05, 0) is 13.8 Å². The van der Waals surface area contributed by atoms with Crippen molar-refractivity contribution < 1.29 is 4.79 Å². The van der Waals surface area contributed by atoms with E-state index in [-0.39, 0.29) is 12.1 Å². The molecule has 2 amide bonds. The number of urea groups is 1. The molecule has 3 nitrogen and oxygen atoms in total. The number of rotatable bonds is 3. The van der Waals surface area contributed by atoms with Gasteiger partial charge >= 0.3 is 6.03 Å². The highest BCUT2D eigenvalue weighted by molar-refractivity contribution is 5.74. The first-order chi connectivity index (χ1) is 5.11. The van der Waals surface area contributed by atoms with Gasteiger partial charge in [0.25, 0.3) is 0 Å². The first kappa shape index (κ1) is 10.0. The second-order valence-corrected chi connectivity index (χ2v) is 2.49. The average Bonchev–Trinajstić information content (AvgIpc) is 2.02. The monoisotopic (exact) mass is 156 g/mol. The van der Waals surface area contributed by atoms with E-state index in [0.29, 0.717) is 0 Å². The van der Waals surface area contributed by atoms with Gasteiger partial charge in [-0.1, -0.05) is 6.08 Å². The molecule has 0 aromatic carbocycles. The quantitative estimate of drug-likeness (QED) is 0.612. The molecule has 0 aromatic heterocycles. The summed E-state index contributed by atoms with van der Waals surface area (Å²) in [5.74, 6) is 0. The summed E-state index contributed by atoms with van der Waals surface area (Å²) in [4.78, 5) is 12.7. The lowest BCUT2D eigenvalue weighted by atomic mass is 10.3. The molecule has 0 aliphatic rings. The van der Waals surface area contributed by atoms with Crippen molar-refractivity contribution in [3.63, 3.8) is 0 Å². The van der Waals surface area contributed by atoms with Crippen LogP contribution in [0.4, 0.5) is 4.79 Å². The molecule has 0 fully saturated rings. The molecule has 0 saturated heterocycles. The molecule has 0 aromatic rings. The van der Waals surface area contributed by atoms with Crippen LogP contribution in [0.2, 0.25) is 0 Å². The number of nitrogens with zero attached hydrogens (tertiary/aromatic N) is 1. The molecular weight excluding hydrogens is 140 g/mol. The van der Waals surface area contributed by atoms with Gasteiger partial charge in [-0.2, -0.15) is 0 Å². The van der Waals surface area contributed by atoms with Crippen molar-refractivity contribution in [3.05, 3.63) is 12.7 Å². The van der Waals surface area contributed by atoms with Gasteiger partial charge in [-0.25, -0.2) is 4.79 Å². The van der Waals surface area contributed by atoms with E-state index in [9.17, 15) is 4.79 Å². The van der Waals surface area contributed by atoms with Crippen molar-refractivity contribution in [1.29, 1.82) is 0 Å². The molecule has 0 radical (unpaired) electrons. The molecule has 0 aliphatic heterocycles. The maximum absolute atomic E-state index is 11.1. The Bertz CT molecular complexity index is 145. The summed E-state index contributed by atoms with van der Waals surface area (Å²) in [6.07, 6.45) is 1.70. The third-order valence-electron chi connectivity index (χ3n) is 1.53. The largest absolute Gasteiger partial charge is 0.332 e. The fraction of sp³-hybridized carbons (Fsp3) is 0.625. The molecule has 0 aliphatic carbocycles. The molecule has 3 heteroatoms. The van der Waals surface area contributed by atoms with Gasteiger partial charge in [-0.15, -0.1) is 6.58 Å². The van der Waals surface area contributed by atoms with Gasteiger partial charge in [0.05, 0.1) is 0 Å². The highest BCUT2D eigenvalue weighted by Crippen LogP contribution is 1.86. The topological polar surface area (TPSA) is 32.3 Å². The van der Waals surface area contributed by atoms with E-state index in [2.05, 4.69) is 11.9 Å². The predicted molar refractivity (Wildman–Crippen MR) is 46.5 cm³/mol. The molecule has 1 unspecified atom stereocenters. The Morgan fingerprint density at radius 2 is 2.36 bits per heavy atom. The van der Waals surface area contributed by atoms with E-state index >= 15 is 0 Å². The molecule has 1 atom stereocenters. The van der Waals surface area contributed by atoms with Crippen LogP contribution in [-0.2, 0) is 0 Å². The fourth-order valence-electron chi connectivity index (χ4n) is 0.507. The van der Waals surface area contributed by atoms with Crippen molar-refractivity contribution in [2.45, 2.75) is 19.9 Å². The molecule has 64 valence electrons. The Kier molecular flexibility index (Phi) is 4.34. The molecule has 0 spiro atoms. The van der Waals surface area contributed by atoms with Crippen LogP contribution in [0.1, 0.15) is 13.8 Å². The smallest absolute Gasteiger partial charge is 0.317 e. The Labute approximate surface area is 68.1 Å². The van der Waals surface area contributed by atoms with Crippen molar-refractivity contribution >= 4 is 6.03 Å². The van der Waals surface area contributed by atoms with Crippen LogP contribution in [0.15, 0.2) is 12.7 Å². The van der Waals surface area contributed by atoms with Crippen molar-refractivity contribution in [1.82, 2.24) is 10.2 Å². The second kappa shape index (κ2) is 4.77. The zero-order chi connectivity index (χ0) is 8.85. The van der Waals surface area contributed by atoms with Crippen LogP contribution < -0.4 is 5.32 Å².